The van der Waals surface area contributed by atoms with Gasteiger partial charge in [-0.3, -0.25) is 0 Å². The Balaban J connectivity index is 2.05. The fraction of sp³-hybridized carbons (Fsp3) is 0.273. The van der Waals surface area contributed by atoms with Crippen molar-refractivity contribution in [1.29, 1.82) is 0 Å². The van der Waals surface area contributed by atoms with Crippen LogP contribution in [0, 0.1) is 0 Å². The van der Waals surface area contributed by atoms with Gasteiger partial charge >= 0.3 is 5.97 Å². The Labute approximate surface area is 109 Å². The van der Waals surface area contributed by atoms with Crippen LogP contribution in [-0.4, -0.2) is 35.0 Å². The Kier molecular flexibility index (Phi) is 3.60. The smallest absolute Gasteiger partial charge is 0.341 e. The molecule has 0 unspecified atom stereocenters. The number of hydrogen-bond donors (Lipinski definition) is 1. The minimum Gasteiger partial charge on any atom is -0.472 e. The molecule has 0 saturated carbocycles. The third kappa shape index (κ3) is 3.18. The molecule has 2 aromatic heterocycles. The summed E-state index contributed by atoms with van der Waals surface area (Å²) in [4.78, 5) is 25.2. The van der Waals surface area contributed by atoms with Crippen LogP contribution in [0.3, 0.4) is 0 Å². The van der Waals surface area contributed by atoms with Crippen molar-refractivity contribution in [2.45, 2.75) is 6.61 Å². The van der Waals surface area contributed by atoms with Gasteiger partial charge in [-0.25, -0.2) is 4.79 Å². The van der Waals surface area contributed by atoms with E-state index in [0.717, 1.165) is 0 Å². The number of nitrogens with two attached hydrogens (primary N) is 1. The average Bonchev–Trinajstić information content (AvgIpc) is 2.89. The van der Waals surface area contributed by atoms with Gasteiger partial charge in [-0.15, -0.1) is 0 Å². The van der Waals surface area contributed by atoms with Gasteiger partial charge in [0.2, 0.25) is 11.9 Å². The topological polar surface area (TPSA) is 107 Å². The summed E-state index contributed by atoms with van der Waals surface area (Å²) in [6, 6.07) is 1.51. The van der Waals surface area contributed by atoms with Crippen LogP contribution in [0.5, 0.6) is 0 Å². The Bertz CT molecular complexity index is 568. The van der Waals surface area contributed by atoms with Gasteiger partial charge in [0.25, 0.3) is 0 Å². The highest BCUT2D eigenvalue weighted by Gasteiger charge is 2.11. The zero-order valence-corrected chi connectivity index (χ0v) is 10.5. The fourth-order valence-corrected chi connectivity index (χ4v) is 1.28. The number of carbonyl (C=O) groups is 1. The third-order valence-corrected chi connectivity index (χ3v) is 2.18. The lowest BCUT2D eigenvalue weighted by atomic mass is 10.3. The Hall–Kier alpha value is -2.64. The van der Waals surface area contributed by atoms with Crippen molar-refractivity contribution < 1.29 is 13.9 Å². The van der Waals surface area contributed by atoms with Gasteiger partial charge in [0.1, 0.15) is 6.26 Å². The van der Waals surface area contributed by atoms with E-state index < -0.39 is 5.97 Å². The zero-order chi connectivity index (χ0) is 13.8. The molecule has 2 N–H and O–H groups in total. The maximum atomic E-state index is 11.6. The molecule has 2 rings (SSSR count). The number of anilines is 2. The van der Waals surface area contributed by atoms with Gasteiger partial charge in [-0.2, -0.15) is 15.0 Å². The molecule has 0 amide bonds. The number of rotatable bonds is 4. The summed E-state index contributed by atoms with van der Waals surface area (Å²) in [7, 11) is 3.55. The molecular formula is C11H13N5O3. The second kappa shape index (κ2) is 5.34. The number of nitrogen functional groups attached to an aromatic ring is 1. The molecule has 0 radical (unpaired) electrons. The van der Waals surface area contributed by atoms with Gasteiger partial charge in [-0.1, -0.05) is 0 Å². The first-order valence-corrected chi connectivity index (χ1v) is 5.43. The molecule has 0 bridgehead atoms. The summed E-state index contributed by atoms with van der Waals surface area (Å²) in [5.74, 6) is 0.252. The molecule has 0 aliphatic heterocycles. The standard InChI is InChI=1S/C11H13N5O3/c1-16(2)11-14-8(13-10(12)15-11)6-19-9(17)7-3-4-18-5-7/h3-5H,6H2,1-2H3,(H2,12,13,14,15). The van der Waals surface area contributed by atoms with Crippen LogP contribution in [0.2, 0.25) is 0 Å². The minimum atomic E-state index is -0.515. The number of hydrogen-bond acceptors (Lipinski definition) is 8. The Morgan fingerprint density at radius 1 is 1.42 bits per heavy atom. The average molecular weight is 263 g/mol. The van der Waals surface area contributed by atoms with Gasteiger partial charge in [0, 0.05) is 14.1 Å². The van der Waals surface area contributed by atoms with Gasteiger partial charge in [0.15, 0.2) is 12.4 Å². The first-order valence-electron chi connectivity index (χ1n) is 5.43. The number of ether oxygens (including phenoxy) is 1. The highest BCUT2D eigenvalue weighted by atomic mass is 16.5. The first kappa shape index (κ1) is 12.8. The number of nitrogens with zero attached hydrogens (tertiary/aromatic N) is 4. The van der Waals surface area contributed by atoms with E-state index >= 15 is 0 Å². The summed E-state index contributed by atoms with van der Waals surface area (Å²) in [6.45, 7) is -0.0857. The van der Waals surface area contributed by atoms with Crippen LogP contribution in [-0.2, 0) is 11.3 Å². The highest BCUT2D eigenvalue weighted by Crippen LogP contribution is 2.08. The lowest BCUT2D eigenvalue weighted by molar-refractivity contribution is 0.0461. The monoisotopic (exact) mass is 263 g/mol. The van der Waals surface area contributed by atoms with E-state index in [-0.39, 0.29) is 18.4 Å². The van der Waals surface area contributed by atoms with E-state index in [0.29, 0.717) is 11.5 Å². The van der Waals surface area contributed by atoms with E-state index in [4.69, 9.17) is 14.9 Å². The van der Waals surface area contributed by atoms with Gasteiger partial charge in [0.05, 0.1) is 11.8 Å². The molecule has 100 valence electrons. The predicted octanol–water partition coefficient (Wildman–Crippen LogP) is 0.470. The molecule has 0 saturated heterocycles. The summed E-state index contributed by atoms with van der Waals surface area (Å²) in [5.41, 5.74) is 5.88. The SMILES string of the molecule is CN(C)c1nc(N)nc(COC(=O)c2ccoc2)n1. The Morgan fingerprint density at radius 3 is 2.84 bits per heavy atom. The van der Waals surface area contributed by atoms with Crippen molar-refractivity contribution >= 4 is 17.9 Å². The number of aromatic nitrogens is 3. The normalized spacial score (nSPS) is 10.2. The third-order valence-electron chi connectivity index (χ3n) is 2.18. The Morgan fingerprint density at radius 2 is 2.21 bits per heavy atom. The first-order chi connectivity index (χ1) is 9.06. The van der Waals surface area contributed by atoms with Crippen LogP contribution in [0.4, 0.5) is 11.9 Å². The molecule has 0 aliphatic rings. The summed E-state index contributed by atoms with van der Waals surface area (Å²) >= 11 is 0. The molecular weight excluding hydrogens is 250 g/mol. The van der Waals surface area contributed by atoms with Crippen molar-refractivity contribution in [3.8, 4) is 0 Å². The molecule has 0 aliphatic carbocycles. The lowest BCUT2D eigenvalue weighted by Crippen LogP contribution is -2.17. The number of carbonyl (C=O) groups excluding carboxylic acids is 1. The summed E-state index contributed by atoms with van der Waals surface area (Å²) in [6.07, 6.45) is 2.69. The van der Waals surface area contributed by atoms with Crippen LogP contribution in [0.15, 0.2) is 23.0 Å². The van der Waals surface area contributed by atoms with E-state index in [9.17, 15) is 4.79 Å². The molecule has 2 heterocycles. The maximum absolute atomic E-state index is 11.6. The van der Waals surface area contributed by atoms with E-state index in [2.05, 4.69) is 15.0 Å². The van der Waals surface area contributed by atoms with Gasteiger partial charge in [-0.05, 0) is 6.07 Å². The lowest BCUT2D eigenvalue weighted by Gasteiger charge is -2.11. The van der Waals surface area contributed by atoms with Crippen molar-refractivity contribution in [1.82, 2.24) is 15.0 Å². The second-order valence-electron chi connectivity index (χ2n) is 3.89. The molecule has 0 atom stereocenters. The van der Waals surface area contributed by atoms with Gasteiger partial charge < -0.3 is 19.8 Å². The quantitative estimate of drug-likeness (QED) is 0.793. The number of esters is 1. The molecule has 0 fully saturated rings. The molecule has 19 heavy (non-hydrogen) atoms. The molecule has 8 heteroatoms. The van der Waals surface area contributed by atoms with Crippen molar-refractivity contribution in [2.24, 2.45) is 0 Å². The van der Waals surface area contributed by atoms with E-state index in [1.807, 2.05) is 0 Å². The van der Waals surface area contributed by atoms with Crippen LogP contribution >= 0.6 is 0 Å². The van der Waals surface area contributed by atoms with Crippen LogP contribution in [0.1, 0.15) is 16.2 Å². The predicted molar refractivity (Wildman–Crippen MR) is 66.4 cm³/mol. The largest absolute Gasteiger partial charge is 0.472 e. The zero-order valence-electron chi connectivity index (χ0n) is 10.5. The van der Waals surface area contributed by atoms with Crippen LogP contribution in [0.25, 0.3) is 0 Å². The minimum absolute atomic E-state index is 0.0769. The summed E-state index contributed by atoms with van der Waals surface area (Å²) in [5, 5.41) is 0. The van der Waals surface area contributed by atoms with E-state index in [1.165, 1.54) is 18.6 Å². The molecule has 0 spiro atoms. The molecule has 2 aromatic rings. The fourth-order valence-electron chi connectivity index (χ4n) is 1.28. The second-order valence-corrected chi connectivity index (χ2v) is 3.89. The number of furan rings is 1. The van der Waals surface area contributed by atoms with Crippen molar-refractivity contribution in [3.63, 3.8) is 0 Å². The van der Waals surface area contributed by atoms with E-state index in [1.54, 1.807) is 19.0 Å². The highest BCUT2D eigenvalue weighted by molar-refractivity contribution is 5.88. The van der Waals surface area contributed by atoms with Crippen molar-refractivity contribution in [2.75, 3.05) is 24.7 Å². The molecule has 8 nitrogen and oxygen atoms in total. The molecule has 0 aromatic carbocycles. The van der Waals surface area contributed by atoms with Crippen LogP contribution < -0.4 is 10.6 Å². The summed E-state index contributed by atoms with van der Waals surface area (Å²) < 4.78 is 9.83. The van der Waals surface area contributed by atoms with Crippen molar-refractivity contribution in [3.05, 3.63) is 30.0 Å². The maximum Gasteiger partial charge on any atom is 0.341 e.